The number of carboxylic acids is 1. The van der Waals surface area contributed by atoms with Crippen LogP contribution in [0, 0.1) is 0 Å². The summed E-state index contributed by atoms with van der Waals surface area (Å²) in [6, 6.07) is 2.26. The summed E-state index contributed by atoms with van der Waals surface area (Å²) < 4.78 is 0. The van der Waals surface area contributed by atoms with Gasteiger partial charge < -0.3 is 20.6 Å². The van der Waals surface area contributed by atoms with Gasteiger partial charge in [-0.2, -0.15) is 0 Å². The molecule has 0 aliphatic carbocycles. The lowest BCUT2D eigenvalue weighted by Crippen LogP contribution is -2.28. The average molecular weight is 247 g/mol. The number of aliphatic hydroxyl groups is 2. The molecule has 1 rings (SSSR count). The lowest BCUT2D eigenvalue weighted by Gasteiger charge is -2.14. The predicted molar refractivity (Wildman–Crippen MR) is 57.8 cm³/mol. The van der Waals surface area contributed by atoms with Gasteiger partial charge in [-0.05, 0) is 12.1 Å². The Morgan fingerprint density at radius 3 is 2.56 bits per heavy atom. The van der Waals surface area contributed by atoms with E-state index in [1.54, 1.807) is 0 Å². The minimum Gasteiger partial charge on any atom is -0.476 e. The molecule has 4 N–H and O–H groups in total. The van der Waals surface area contributed by atoms with Gasteiger partial charge in [-0.15, -0.1) is 0 Å². The Bertz CT molecular complexity index is 382. The smallest absolute Gasteiger partial charge is 0.356 e. The van der Waals surface area contributed by atoms with Gasteiger partial charge in [-0.3, -0.25) is 0 Å². The van der Waals surface area contributed by atoms with Crippen molar-refractivity contribution in [3.05, 3.63) is 22.8 Å². The number of aromatic nitrogens is 1. The van der Waals surface area contributed by atoms with Gasteiger partial charge >= 0.3 is 5.97 Å². The van der Waals surface area contributed by atoms with Gasteiger partial charge in [0.05, 0.1) is 24.3 Å². The van der Waals surface area contributed by atoms with Crippen molar-refractivity contribution in [3.8, 4) is 0 Å². The predicted octanol–water partition coefficient (Wildman–Crippen LogP) is 0.198. The van der Waals surface area contributed by atoms with Crippen LogP contribution in [0.5, 0.6) is 0 Å². The first kappa shape index (κ1) is 12.7. The number of halogens is 1. The molecule has 1 aromatic heterocycles. The number of carboxylic acid groups (broad SMARTS) is 1. The van der Waals surface area contributed by atoms with Crippen LogP contribution in [-0.4, -0.2) is 45.5 Å². The number of carbonyl (C=O) groups is 1. The van der Waals surface area contributed by atoms with Gasteiger partial charge in [0.2, 0.25) is 0 Å². The van der Waals surface area contributed by atoms with Crippen molar-refractivity contribution in [2.45, 2.75) is 6.04 Å². The number of aliphatic hydroxyl groups excluding tert-OH is 2. The summed E-state index contributed by atoms with van der Waals surface area (Å²) in [4.78, 5) is 14.5. The first-order chi connectivity index (χ1) is 7.58. The molecule has 0 aliphatic heterocycles. The molecule has 0 saturated carbocycles. The van der Waals surface area contributed by atoms with Crippen LogP contribution >= 0.6 is 11.6 Å². The molecule has 7 heteroatoms. The summed E-state index contributed by atoms with van der Waals surface area (Å²) in [7, 11) is 0. The van der Waals surface area contributed by atoms with Gasteiger partial charge in [0, 0.05) is 0 Å². The number of rotatable bonds is 5. The molecule has 0 fully saturated rings. The van der Waals surface area contributed by atoms with Gasteiger partial charge in [0.25, 0.3) is 0 Å². The normalized spacial score (nSPS) is 10.5. The zero-order valence-corrected chi connectivity index (χ0v) is 8.98. The van der Waals surface area contributed by atoms with Crippen LogP contribution in [-0.2, 0) is 0 Å². The zero-order chi connectivity index (χ0) is 12.1. The molecular formula is C9H11ClN2O4. The van der Waals surface area contributed by atoms with Crippen molar-refractivity contribution in [2.24, 2.45) is 0 Å². The molecule has 1 heterocycles. The Hall–Kier alpha value is -1.37. The Kier molecular flexibility index (Phi) is 4.48. The summed E-state index contributed by atoms with van der Waals surface area (Å²) in [5.41, 5.74) is -0.277. The second-order valence-corrected chi connectivity index (χ2v) is 3.45. The topological polar surface area (TPSA) is 103 Å². The molecular weight excluding hydrogens is 236 g/mol. The summed E-state index contributed by atoms with van der Waals surface area (Å²) in [5, 5.41) is 29.1. The van der Waals surface area contributed by atoms with Crippen molar-refractivity contribution >= 4 is 23.4 Å². The maximum atomic E-state index is 10.7. The van der Waals surface area contributed by atoms with Crippen molar-refractivity contribution in [3.63, 3.8) is 0 Å². The number of anilines is 1. The second-order valence-electron chi connectivity index (χ2n) is 3.04. The lowest BCUT2D eigenvalue weighted by atomic mass is 10.3. The van der Waals surface area contributed by atoms with Gasteiger partial charge in [0.1, 0.15) is 5.82 Å². The third kappa shape index (κ3) is 3.06. The van der Waals surface area contributed by atoms with Crippen LogP contribution in [0.1, 0.15) is 10.5 Å². The van der Waals surface area contributed by atoms with Gasteiger partial charge in [0.15, 0.2) is 5.69 Å². The molecule has 0 unspecified atom stereocenters. The molecule has 0 atom stereocenters. The fraction of sp³-hybridized carbons (Fsp3) is 0.333. The van der Waals surface area contributed by atoms with E-state index in [0.717, 1.165) is 0 Å². The number of nitrogens with zero attached hydrogens (tertiary/aromatic N) is 1. The molecule has 1 aromatic rings. The first-order valence-electron chi connectivity index (χ1n) is 4.46. The molecule has 88 valence electrons. The highest BCUT2D eigenvalue weighted by molar-refractivity contribution is 6.33. The van der Waals surface area contributed by atoms with Crippen LogP contribution in [0.2, 0.25) is 5.02 Å². The third-order valence-electron chi connectivity index (χ3n) is 1.84. The summed E-state index contributed by atoms with van der Waals surface area (Å²) in [6.45, 7) is -0.577. The van der Waals surface area contributed by atoms with Crippen molar-refractivity contribution < 1.29 is 20.1 Å². The number of aromatic carboxylic acids is 1. The van der Waals surface area contributed by atoms with E-state index in [9.17, 15) is 4.79 Å². The molecule has 0 spiro atoms. The summed E-state index contributed by atoms with van der Waals surface area (Å²) in [6.07, 6.45) is 0. The van der Waals surface area contributed by atoms with E-state index >= 15 is 0 Å². The van der Waals surface area contributed by atoms with E-state index in [4.69, 9.17) is 26.9 Å². The SMILES string of the molecule is O=C(O)c1nc(NC(CO)CO)ccc1Cl. The lowest BCUT2D eigenvalue weighted by molar-refractivity contribution is 0.0691. The van der Waals surface area contributed by atoms with E-state index in [0.29, 0.717) is 0 Å². The number of hydrogen-bond donors (Lipinski definition) is 4. The van der Waals surface area contributed by atoms with E-state index in [2.05, 4.69) is 10.3 Å². The zero-order valence-electron chi connectivity index (χ0n) is 8.22. The van der Waals surface area contributed by atoms with Crippen LogP contribution in [0.3, 0.4) is 0 Å². The maximum absolute atomic E-state index is 10.7. The molecule has 0 saturated heterocycles. The maximum Gasteiger partial charge on any atom is 0.356 e. The summed E-state index contributed by atoms with van der Waals surface area (Å²) >= 11 is 5.63. The second kappa shape index (κ2) is 5.64. The first-order valence-corrected chi connectivity index (χ1v) is 4.84. The standard InChI is InChI=1S/C9H11ClN2O4/c10-6-1-2-7(11-5(3-13)4-14)12-8(6)9(15)16/h1-2,5,13-14H,3-4H2,(H,11,12)(H,15,16). The number of pyridine rings is 1. The van der Waals surface area contributed by atoms with Crippen LogP contribution in [0.25, 0.3) is 0 Å². The monoisotopic (exact) mass is 246 g/mol. The van der Waals surface area contributed by atoms with E-state index in [1.165, 1.54) is 12.1 Å². The van der Waals surface area contributed by atoms with Crippen LogP contribution in [0.4, 0.5) is 5.82 Å². The average Bonchev–Trinajstić information content (AvgIpc) is 2.27. The van der Waals surface area contributed by atoms with Crippen molar-refractivity contribution in [1.29, 1.82) is 0 Å². The number of nitrogens with one attached hydrogen (secondary N) is 1. The molecule has 0 aromatic carbocycles. The van der Waals surface area contributed by atoms with Crippen LogP contribution < -0.4 is 5.32 Å². The minimum atomic E-state index is -1.24. The molecule has 6 nitrogen and oxygen atoms in total. The third-order valence-corrected chi connectivity index (χ3v) is 2.15. The molecule has 0 aliphatic rings. The highest BCUT2D eigenvalue weighted by atomic mass is 35.5. The van der Waals surface area contributed by atoms with Crippen molar-refractivity contribution in [1.82, 2.24) is 4.98 Å². The highest BCUT2D eigenvalue weighted by Crippen LogP contribution is 2.17. The quantitative estimate of drug-likeness (QED) is 0.592. The Morgan fingerprint density at radius 1 is 1.44 bits per heavy atom. The molecule has 0 bridgehead atoms. The number of hydrogen-bond acceptors (Lipinski definition) is 5. The van der Waals surface area contributed by atoms with E-state index in [1.807, 2.05) is 0 Å². The largest absolute Gasteiger partial charge is 0.476 e. The van der Waals surface area contributed by atoms with Gasteiger partial charge in [-0.1, -0.05) is 11.6 Å². The van der Waals surface area contributed by atoms with Crippen molar-refractivity contribution in [2.75, 3.05) is 18.5 Å². The Balaban J connectivity index is 2.90. The summed E-state index contributed by atoms with van der Waals surface area (Å²) in [5.74, 6) is -1.01. The van der Waals surface area contributed by atoms with E-state index in [-0.39, 0.29) is 29.7 Å². The molecule has 0 amide bonds. The fourth-order valence-corrected chi connectivity index (χ4v) is 1.22. The molecule has 16 heavy (non-hydrogen) atoms. The van der Waals surface area contributed by atoms with Gasteiger partial charge in [-0.25, -0.2) is 9.78 Å². The Morgan fingerprint density at radius 2 is 2.06 bits per heavy atom. The molecule has 0 radical (unpaired) electrons. The minimum absolute atomic E-state index is 0.0302. The van der Waals surface area contributed by atoms with Crippen LogP contribution in [0.15, 0.2) is 12.1 Å². The highest BCUT2D eigenvalue weighted by Gasteiger charge is 2.13. The van der Waals surface area contributed by atoms with E-state index < -0.39 is 12.0 Å². The fourth-order valence-electron chi connectivity index (χ4n) is 1.03. The Labute approximate surface area is 96.5 Å².